The molecule has 0 aliphatic heterocycles. The number of hydrogen-bond donors (Lipinski definition) is 2. The Morgan fingerprint density at radius 2 is 1.79 bits per heavy atom. The molecule has 10 heteroatoms. The van der Waals surface area contributed by atoms with Crippen molar-refractivity contribution < 1.29 is 18.0 Å². The Morgan fingerprint density at radius 3 is 2.43 bits per heavy atom. The minimum atomic E-state index is -3.97. The number of amides is 2. The summed E-state index contributed by atoms with van der Waals surface area (Å²) in [6.07, 6.45) is 1.55. The van der Waals surface area contributed by atoms with Gasteiger partial charge in [0.1, 0.15) is 11.2 Å². The topological polar surface area (TPSA) is 127 Å². The Morgan fingerprint density at radius 1 is 1.11 bits per heavy atom. The van der Waals surface area contributed by atoms with Gasteiger partial charge in [0.2, 0.25) is 5.91 Å². The number of carbonyl (C=O) groups is 2. The third-order valence-electron chi connectivity index (χ3n) is 3.91. The van der Waals surface area contributed by atoms with E-state index in [-0.39, 0.29) is 10.5 Å². The fourth-order valence-electron chi connectivity index (χ4n) is 2.62. The molecule has 0 fully saturated rings. The van der Waals surface area contributed by atoms with Crippen LogP contribution in [0.5, 0.6) is 0 Å². The standard InChI is InChI=1S/C18H16N4O5S/c1-11(23)21-28(26,27)14-7-5-13(6-8-14)20-17(24)15-10-12-4-3-9-19-16(12)22(2)18(15)25/h3-10H,1-2H3,(H,20,24)(H,21,23). The van der Waals surface area contributed by atoms with Gasteiger partial charge in [-0.2, -0.15) is 0 Å². The van der Waals surface area contributed by atoms with Crippen molar-refractivity contribution in [3.63, 3.8) is 0 Å². The van der Waals surface area contributed by atoms with Gasteiger partial charge in [0.15, 0.2) is 0 Å². The quantitative estimate of drug-likeness (QED) is 0.673. The lowest BCUT2D eigenvalue weighted by Crippen LogP contribution is -2.28. The van der Waals surface area contributed by atoms with Crippen molar-refractivity contribution in [1.29, 1.82) is 0 Å². The van der Waals surface area contributed by atoms with Crippen molar-refractivity contribution >= 4 is 38.6 Å². The van der Waals surface area contributed by atoms with E-state index in [1.807, 2.05) is 4.72 Å². The minimum absolute atomic E-state index is 0.0713. The molecule has 9 nitrogen and oxygen atoms in total. The van der Waals surface area contributed by atoms with Crippen LogP contribution in [0.15, 0.2) is 58.4 Å². The van der Waals surface area contributed by atoms with Gasteiger partial charge in [-0.05, 0) is 42.5 Å². The fraction of sp³-hybridized carbons (Fsp3) is 0.111. The monoisotopic (exact) mass is 400 g/mol. The largest absolute Gasteiger partial charge is 0.322 e. The number of rotatable bonds is 4. The second-order valence-corrected chi connectivity index (χ2v) is 7.66. The summed E-state index contributed by atoms with van der Waals surface area (Å²) in [5.41, 5.74) is 0.170. The lowest BCUT2D eigenvalue weighted by molar-refractivity contribution is -0.117. The highest BCUT2D eigenvalue weighted by Gasteiger charge is 2.17. The first-order chi connectivity index (χ1) is 13.2. The molecule has 2 aromatic heterocycles. The van der Waals surface area contributed by atoms with Crippen LogP contribution in [0.4, 0.5) is 5.69 Å². The molecule has 0 aliphatic carbocycles. The maximum Gasteiger partial charge on any atom is 0.264 e. The average molecular weight is 400 g/mol. The van der Waals surface area contributed by atoms with E-state index in [0.29, 0.717) is 16.7 Å². The van der Waals surface area contributed by atoms with E-state index in [4.69, 9.17) is 0 Å². The van der Waals surface area contributed by atoms with Gasteiger partial charge < -0.3 is 5.32 Å². The van der Waals surface area contributed by atoms with Crippen molar-refractivity contribution in [2.24, 2.45) is 7.05 Å². The zero-order valence-corrected chi connectivity index (χ0v) is 15.8. The molecule has 0 unspecified atom stereocenters. The van der Waals surface area contributed by atoms with Crippen LogP contribution in [0, 0.1) is 0 Å². The van der Waals surface area contributed by atoms with Crippen LogP contribution in [-0.4, -0.2) is 29.8 Å². The lowest BCUT2D eigenvalue weighted by Gasteiger charge is -2.09. The second kappa shape index (κ2) is 7.24. The van der Waals surface area contributed by atoms with Crippen LogP contribution >= 0.6 is 0 Å². The normalized spacial score (nSPS) is 11.2. The molecule has 1 aromatic carbocycles. The first kappa shape index (κ1) is 19.2. The smallest absolute Gasteiger partial charge is 0.264 e. The third kappa shape index (κ3) is 3.76. The van der Waals surface area contributed by atoms with Gasteiger partial charge in [-0.25, -0.2) is 18.1 Å². The summed E-state index contributed by atoms with van der Waals surface area (Å²) in [4.78, 5) is 39.9. The van der Waals surface area contributed by atoms with E-state index in [1.165, 1.54) is 41.9 Å². The van der Waals surface area contributed by atoms with Gasteiger partial charge in [-0.15, -0.1) is 0 Å². The average Bonchev–Trinajstić information content (AvgIpc) is 2.64. The zero-order chi connectivity index (χ0) is 20.5. The van der Waals surface area contributed by atoms with Gasteiger partial charge in [0.25, 0.3) is 21.5 Å². The number of aromatic nitrogens is 2. The number of aryl methyl sites for hydroxylation is 1. The molecule has 3 aromatic rings. The Kier molecular flexibility index (Phi) is 4.97. The summed E-state index contributed by atoms with van der Waals surface area (Å²) in [6.45, 7) is 1.09. The molecule has 0 saturated heterocycles. The molecule has 2 amide bonds. The lowest BCUT2D eigenvalue weighted by atomic mass is 10.2. The van der Waals surface area contributed by atoms with Crippen LogP contribution in [0.3, 0.4) is 0 Å². The molecule has 2 N–H and O–H groups in total. The number of benzene rings is 1. The van der Waals surface area contributed by atoms with E-state index in [0.717, 1.165) is 6.92 Å². The van der Waals surface area contributed by atoms with E-state index < -0.39 is 27.4 Å². The van der Waals surface area contributed by atoms with Crippen molar-refractivity contribution in [1.82, 2.24) is 14.3 Å². The van der Waals surface area contributed by atoms with E-state index in [1.54, 1.807) is 18.3 Å². The van der Waals surface area contributed by atoms with Crippen molar-refractivity contribution in [2.45, 2.75) is 11.8 Å². The molecule has 144 valence electrons. The Balaban J connectivity index is 1.88. The molecular formula is C18H16N4O5S. The minimum Gasteiger partial charge on any atom is -0.322 e. The molecule has 28 heavy (non-hydrogen) atoms. The maximum absolute atomic E-state index is 12.5. The number of fused-ring (bicyclic) bond motifs is 1. The molecule has 0 saturated carbocycles. The molecule has 0 aliphatic rings. The summed E-state index contributed by atoms with van der Waals surface area (Å²) in [6, 6.07) is 10.1. The molecule has 0 atom stereocenters. The number of carbonyl (C=O) groups excluding carboxylic acids is 2. The van der Waals surface area contributed by atoms with Crippen molar-refractivity contribution in [3.8, 4) is 0 Å². The van der Waals surface area contributed by atoms with Gasteiger partial charge >= 0.3 is 0 Å². The highest BCUT2D eigenvalue weighted by Crippen LogP contribution is 2.16. The number of pyridine rings is 2. The van der Waals surface area contributed by atoms with Gasteiger partial charge in [0, 0.05) is 31.2 Å². The number of anilines is 1. The molecule has 0 radical (unpaired) electrons. The van der Waals surface area contributed by atoms with Crippen LogP contribution in [0.1, 0.15) is 17.3 Å². The molecule has 0 bridgehead atoms. The number of nitrogens with one attached hydrogen (secondary N) is 2. The summed E-state index contributed by atoms with van der Waals surface area (Å²) in [5.74, 6) is -1.34. The highest BCUT2D eigenvalue weighted by atomic mass is 32.2. The summed E-state index contributed by atoms with van der Waals surface area (Å²) in [5, 5.41) is 3.19. The van der Waals surface area contributed by atoms with E-state index in [9.17, 15) is 22.8 Å². The third-order valence-corrected chi connectivity index (χ3v) is 5.36. The van der Waals surface area contributed by atoms with Crippen LogP contribution in [0.25, 0.3) is 11.0 Å². The van der Waals surface area contributed by atoms with Crippen LogP contribution in [-0.2, 0) is 21.9 Å². The number of sulfonamides is 1. The number of hydrogen-bond acceptors (Lipinski definition) is 6. The first-order valence-corrected chi connectivity index (χ1v) is 9.57. The number of nitrogens with zero attached hydrogens (tertiary/aromatic N) is 2. The Bertz CT molecular complexity index is 1250. The fourth-order valence-corrected chi connectivity index (χ4v) is 3.61. The summed E-state index contributed by atoms with van der Waals surface area (Å²) >= 11 is 0. The molecule has 2 heterocycles. The van der Waals surface area contributed by atoms with Gasteiger partial charge in [-0.1, -0.05) is 0 Å². The highest BCUT2D eigenvalue weighted by molar-refractivity contribution is 7.90. The van der Waals surface area contributed by atoms with E-state index >= 15 is 0 Å². The van der Waals surface area contributed by atoms with Crippen molar-refractivity contribution in [2.75, 3.05) is 5.32 Å². The second-order valence-electron chi connectivity index (χ2n) is 5.98. The van der Waals surface area contributed by atoms with Gasteiger partial charge in [-0.3, -0.25) is 19.0 Å². The first-order valence-electron chi connectivity index (χ1n) is 8.08. The molecular weight excluding hydrogens is 384 g/mol. The Labute approximate surface area is 160 Å². The van der Waals surface area contributed by atoms with Crippen molar-refractivity contribution in [3.05, 3.63) is 64.6 Å². The predicted octanol–water partition coefficient (Wildman–Crippen LogP) is 1.01. The van der Waals surface area contributed by atoms with Gasteiger partial charge in [0.05, 0.1) is 4.90 Å². The van der Waals surface area contributed by atoms with E-state index in [2.05, 4.69) is 10.3 Å². The van der Waals surface area contributed by atoms with Crippen LogP contribution in [0.2, 0.25) is 0 Å². The predicted molar refractivity (Wildman–Crippen MR) is 102 cm³/mol. The maximum atomic E-state index is 12.5. The van der Waals surface area contributed by atoms with Crippen LogP contribution < -0.4 is 15.6 Å². The summed E-state index contributed by atoms with van der Waals surface area (Å²) in [7, 11) is -2.44. The Hall–Kier alpha value is -3.53. The summed E-state index contributed by atoms with van der Waals surface area (Å²) < 4.78 is 27.0. The zero-order valence-electron chi connectivity index (χ0n) is 15.0. The molecule has 0 spiro atoms. The molecule has 3 rings (SSSR count). The SMILES string of the molecule is CC(=O)NS(=O)(=O)c1ccc(NC(=O)c2cc3cccnc3n(C)c2=O)cc1.